The standard InChI is InChI=1S/C16H15BrClN/c1-10-2-3-11-4-6-15(13(11)8-10)19-16-7-5-12(18)9-14(16)17/h2-3,5,7-9,15,19H,4,6H2,1H3. The van der Waals surface area contributed by atoms with Gasteiger partial charge < -0.3 is 5.32 Å². The Morgan fingerprint density at radius 3 is 2.84 bits per heavy atom. The van der Waals surface area contributed by atoms with Gasteiger partial charge in [0.25, 0.3) is 0 Å². The number of halogens is 2. The Balaban J connectivity index is 1.88. The molecule has 0 aliphatic heterocycles. The fourth-order valence-electron chi connectivity index (χ4n) is 2.67. The zero-order chi connectivity index (χ0) is 13.4. The molecular weight excluding hydrogens is 322 g/mol. The lowest BCUT2D eigenvalue weighted by Crippen LogP contribution is -2.07. The summed E-state index contributed by atoms with van der Waals surface area (Å²) in [6.45, 7) is 2.15. The number of hydrogen-bond donors (Lipinski definition) is 1. The molecule has 0 fully saturated rings. The van der Waals surface area contributed by atoms with Gasteiger partial charge in [-0.25, -0.2) is 0 Å². The lowest BCUT2D eigenvalue weighted by atomic mass is 10.0. The van der Waals surface area contributed by atoms with Crippen LogP contribution in [-0.2, 0) is 6.42 Å². The largest absolute Gasteiger partial charge is 0.377 e. The van der Waals surface area contributed by atoms with Crippen LogP contribution in [0.2, 0.25) is 5.02 Å². The van der Waals surface area contributed by atoms with Gasteiger partial charge in [-0.2, -0.15) is 0 Å². The maximum atomic E-state index is 5.98. The molecule has 2 aromatic carbocycles. The molecule has 1 aliphatic carbocycles. The lowest BCUT2D eigenvalue weighted by molar-refractivity contribution is 0.761. The van der Waals surface area contributed by atoms with Crippen molar-refractivity contribution in [1.82, 2.24) is 0 Å². The first-order valence-corrected chi connectivity index (χ1v) is 7.61. The molecule has 0 radical (unpaired) electrons. The second kappa shape index (κ2) is 5.18. The fraction of sp³-hybridized carbons (Fsp3) is 0.250. The molecule has 1 nitrogen and oxygen atoms in total. The normalized spacial score (nSPS) is 17.3. The van der Waals surface area contributed by atoms with Gasteiger partial charge in [-0.05, 0) is 65.0 Å². The molecule has 2 aromatic rings. The van der Waals surface area contributed by atoms with Crippen LogP contribution < -0.4 is 5.32 Å². The lowest BCUT2D eigenvalue weighted by Gasteiger charge is -2.17. The molecule has 19 heavy (non-hydrogen) atoms. The van der Waals surface area contributed by atoms with Crippen LogP contribution in [-0.4, -0.2) is 0 Å². The first-order valence-electron chi connectivity index (χ1n) is 6.44. The zero-order valence-corrected chi connectivity index (χ0v) is 13.1. The molecule has 0 spiro atoms. The highest BCUT2D eigenvalue weighted by molar-refractivity contribution is 9.10. The van der Waals surface area contributed by atoms with Gasteiger partial charge in [0, 0.05) is 15.2 Å². The molecule has 0 amide bonds. The Kier molecular flexibility index (Phi) is 3.55. The van der Waals surface area contributed by atoms with Crippen LogP contribution in [0.5, 0.6) is 0 Å². The van der Waals surface area contributed by atoms with E-state index in [9.17, 15) is 0 Å². The van der Waals surface area contributed by atoms with E-state index in [2.05, 4.69) is 46.4 Å². The van der Waals surface area contributed by atoms with Gasteiger partial charge in [-0.3, -0.25) is 0 Å². The molecule has 3 rings (SSSR count). The number of fused-ring (bicyclic) bond motifs is 1. The molecule has 0 heterocycles. The molecule has 1 aliphatic rings. The van der Waals surface area contributed by atoms with E-state index in [-0.39, 0.29) is 0 Å². The minimum atomic E-state index is 0.396. The van der Waals surface area contributed by atoms with Crippen molar-refractivity contribution < 1.29 is 0 Å². The van der Waals surface area contributed by atoms with Crippen molar-refractivity contribution in [2.24, 2.45) is 0 Å². The summed E-state index contributed by atoms with van der Waals surface area (Å²) in [5.74, 6) is 0. The summed E-state index contributed by atoms with van der Waals surface area (Å²) in [4.78, 5) is 0. The Labute approximate surface area is 127 Å². The third kappa shape index (κ3) is 2.65. The van der Waals surface area contributed by atoms with Crippen LogP contribution in [0.25, 0.3) is 0 Å². The van der Waals surface area contributed by atoms with E-state index >= 15 is 0 Å². The first-order chi connectivity index (χ1) is 9.13. The molecule has 0 saturated carbocycles. The van der Waals surface area contributed by atoms with Crippen molar-refractivity contribution >= 4 is 33.2 Å². The van der Waals surface area contributed by atoms with Crippen molar-refractivity contribution in [1.29, 1.82) is 0 Å². The number of hydrogen-bond acceptors (Lipinski definition) is 1. The van der Waals surface area contributed by atoms with Crippen molar-refractivity contribution in [3.05, 3.63) is 62.6 Å². The summed E-state index contributed by atoms with van der Waals surface area (Å²) in [7, 11) is 0. The minimum absolute atomic E-state index is 0.396. The highest BCUT2D eigenvalue weighted by atomic mass is 79.9. The number of anilines is 1. The summed E-state index contributed by atoms with van der Waals surface area (Å²) in [6.07, 6.45) is 2.30. The molecule has 1 unspecified atom stereocenters. The summed E-state index contributed by atoms with van der Waals surface area (Å²) >= 11 is 9.54. The predicted molar refractivity (Wildman–Crippen MR) is 85.0 cm³/mol. The zero-order valence-electron chi connectivity index (χ0n) is 10.7. The maximum Gasteiger partial charge on any atom is 0.0520 e. The molecular formula is C16H15BrClN. The molecule has 1 atom stereocenters. The van der Waals surface area contributed by atoms with E-state index in [4.69, 9.17) is 11.6 Å². The Bertz CT molecular complexity index is 624. The van der Waals surface area contributed by atoms with E-state index < -0.39 is 0 Å². The van der Waals surface area contributed by atoms with Gasteiger partial charge in [0.1, 0.15) is 0 Å². The van der Waals surface area contributed by atoms with Gasteiger partial charge in [0.05, 0.1) is 6.04 Å². The van der Waals surface area contributed by atoms with Crippen molar-refractivity contribution in [2.45, 2.75) is 25.8 Å². The number of benzene rings is 2. The summed E-state index contributed by atoms with van der Waals surface area (Å²) in [5.41, 5.74) is 5.32. The van der Waals surface area contributed by atoms with E-state index in [0.717, 1.165) is 28.0 Å². The Morgan fingerprint density at radius 1 is 1.21 bits per heavy atom. The van der Waals surface area contributed by atoms with Crippen molar-refractivity contribution in [3.8, 4) is 0 Å². The molecule has 3 heteroatoms. The Morgan fingerprint density at radius 2 is 2.05 bits per heavy atom. The van der Waals surface area contributed by atoms with Crippen LogP contribution in [0.4, 0.5) is 5.69 Å². The molecule has 1 N–H and O–H groups in total. The SMILES string of the molecule is Cc1ccc2c(c1)C(Nc1ccc(Cl)cc1Br)CC2. The van der Waals surface area contributed by atoms with Gasteiger partial charge in [-0.15, -0.1) is 0 Å². The van der Waals surface area contributed by atoms with Gasteiger partial charge in [-0.1, -0.05) is 35.4 Å². The fourth-order valence-corrected chi connectivity index (χ4v) is 3.46. The number of rotatable bonds is 2. The summed E-state index contributed by atoms with van der Waals surface area (Å²) < 4.78 is 1.01. The predicted octanol–water partition coefficient (Wildman–Crippen LogP) is 5.51. The van der Waals surface area contributed by atoms with E-state index in [0.29, 0.717) is 6.04 Å². The molecule has 0 bridgehead atoms. The highest BCUT2D eigenvalue weighted by Crippen LogP contribution is 2.36. The molecule has 0 aromatic heterocycles. The average Bonchev–Trinajstić information content (AvgIpc) is 2.75. The second-order valence-electron chi connectivity index (χ2n) is 5.06. The minimum Gasteiger partial charge on any atom is -0.377 e. The third-order valence-corrected chi connectivity index (χ3v) is 4.53. The number of aryl methyl sites for hydroxylation is 2. The average molecular weight is 337 g/mol. The van der Waals surface area contributed by atoms with Crippen LogP contribution in [0.1, 0.15) is 29.2 Å². The van der Waals surface area contributed by atoms with E-state index in [1.807, 2.05) is 18.2 Å². The van der Waals surface area contributed by atoms with Crippen LogP contribution >= 0.6 is 27.5 Å². The maximum absolute atomic E-state index is 5.98. The summed E-state index contributed by atoms with van der Waals surface area (Å²) in [5, 5.41) is 4.36. The molecule has 0 saturated heterocycles. The van der Waals surface area contributed by atoms with Crippen molar-refractivity contribution in [3.63, 3.8) is 0 Å². The molecule has 98 valence electrons. The van der Waals surface area contributed by atoms with Crippen LogP contribution in [0.3, 0.4) is 0 Å². The van der Waals surface area contributed by atoms with Gasteiger partial charge >= 0.3 is 0 Å². The number of nitrogens with one attached hydrogen (secondary N) is 1. The van der Waals surface area contributed by atoms with Gasteiger partial charge in [0.15, 0.2) is 0 Å². The Hall–Kier alpha value is -0.990. The van der Waals surface area contributed by atoms with Crippen molar-refractivity contribution in [2.75, 3.05) is 5.32 Å². The smallest absolute Gasteiger partial charge is 0.0520 e. The topological polar surface area (TPSA) is 12.0 Å². The summed E-state index contributed by atoms with van der Waals surface area (Å²) in [6, 6.07) is 13.0. The highest BCUT2D eigenvalue weighted by Gasteiger charge is 2.22. The quantitative estimate of drug-likeness (QED) is 0.762. The van der Waals surface area contributed by atoms with E-state index in [1.54, 1.807) is 0 Å². The first kappa shape index (κ1) is 13.0. The van der Waals surface area contributed by atoms with Gasteiger partial charge in [0.2, 0.25) is 0 Å². The monoisotopic (exact) mass is 335 g/mol. The second-order valence-corrected chi connectivity index (χ2v) is 6.35. The van der Waals surface area contributed by atoms with Crippen LogP contribution in [0.15, 0.2) is 40.9 Å². The third-order valence-electron chi connectivity index (χ3n) is 3.64. The van der Waals surface area contributed by atoms with Crippen LogP contribution in [0, 0.1) is 6.92 Å². The van der Waals surface area contributed by atoms with E-state index in [1.165, 1.54) is 16.7 Å².